The number of benzene rings is 5. The van der Waals surface area contributed by atoms with Gasteiger partial charge in [-0.2, -0.15) is 26.0 Å². The lowest BCUT2D eigenvalue weighted by atomic mass is 9.97. The first-order valence-corrected chi connectivity index (χ1v) is 47.7. The molecule has 0 saturated heterocycles. The summed E-state index contributed by atoms with van der Waals surface area (Å²) in [6.45, 7) is 31.1. The molecule has 127 heavy (non-hydrogen) atoms. The number of carbonyl (C=O) groups excluding carboxylic acids is 7. The number of pyridine rings is 3. The molecule has 0 spiro atoms. The Bertz CT molecular complexity index is 4610. The Balaban J connectivity index is 0.00000149. The fraction of sp³-hybridized carbons (Fsp3) is 0.442. The van der Waals surface area contributed by atoms with E-state index in [1.165, 1.54) is 42.5 Å². The largest absolute Gasteiger partial charge is 0.481 e. The summed E-state index contributed by atoms with van der Waals surface area (Å²) in [6, 6.07) is 50.5. The lowest BCUT2D eigenvalue weighted by Crippen LogP contribution is -2.37. The van der Waals surface area contributed by atoms with Crippen molar-refractivity contribution < 1.29 is 97.1 Å². The van der Waals surface area contributed by atoms with Crippen LogP contribution in [0.1, 0.15) is 220 Å². The molecule has 5 atom stereocenters. The van der Waals surface area contributed by atoms with E-state index in [2.05, 4.69) is 138 Å². The smallest absolute Gasteiger partial charge is 0.356 e. The molecule has 0 aliphatic heterocycles. The molecule has 0 fully saturated rings. The number of hydrogen-bond acceptors (Lipinski definition) is 18. The lowest BCUT2D eigenvalue weighted by Gasteiger charge is -2.12. The van der Waals surface area contributed by atoms with Crippen LogP contribution in [0, 0.1) is 29.6 Å². The highest BCUT2D eigenvalue weighted by atomic mass is 127. The van der Waals surface area contributed by atoms with E-state index in [1.54, 1.807) is 132 Å². The van der Waals surface area contributed by atoms with Crippen LogP contribution in [0.15, 0.2) is 195 Å². The number of hydrogen-bond donors (Lipinski definition) is 2. The number of carboxylic acid groups (broad SMARTS) is 1. The summed E-state index contributed by atoms with van der Waals surface area (Å²) in [5.74, 6) is -0.404. The number of rotatable bonds is 31. The van der Waals surface area contributed by atoms with Crippen molar-refractivity contribution in [3.8, 4) is 0 Å². The molecule has 700 valence electrons. The Kier molecular flexibility index (Phi) is 58.4. The predicted octanol–water partition coefficient (Wildman–Crippen LogP) is 18.7. The molecule has 3 heterocycles. The second kappa shape index (κ2) is 62.7. The van der Waals surface area contributed by atoms with Gasteiger partial charge in [-0.15, -0.1) is 24.0 Å². The normalized spacial score (nSPS) is 11.8. The number of carboxylic acids is 1. The summed E-state index contributed by atoms with van der Waals surface area (Å²) in [4.78, 5) is 102. The van der Waals surface area contributed by atoms with Gasteiger partial charge >= 0.3 is 39.2 Å². The Morgan fingerprint density at radius 1 is 0.402 bits per heavy atom. The molecule has 5 aromatic carbocycles. The van der Waals surface area contributed by atoms with Crippen LogP contribution in [0.2, 0.25) is 0 Å². The number of nitrogens with zero attached hydrogens (tertiary/aromatic N) is 6. The highest BCUT2D eigenvalue weighted by Gasteiger charge is 2.24. The standard InChI is InChI=1S/2C22H29N2O3.C14H19ClO2.C14H19IO2.C13H18O2.C8H10N2O.CH2Cl2O3S.CH4O3S.HI/c2*1-16(2)13-18-8-10-19(11-9-18)17(3)22(26)27-15-24-12-6-7-20(14-24)21(25)23(4)5;2*1-10(2)8-12-4-6-13(7-5-12)11(3)14(16)17-9-15;1-9(2)8-11-4-6-12(7-5-11)10(3)13(14)15;1-10(2)8(11)7-4-3-5-9-6-7;2-1-6-7(3,4)5;1-5(2,3)4;/h2*6-12,14,16-17H,13,15H2,1-5H3;2*4-7,10-11H,8-9H2,1-3H3;4-7,9-10H,8H2,1-3H3,(H,14,15);3-6H,1-2H3;1H2;1H3,(H,2,3,4);1H/q2*+1;;;;;;;. The summed E-state index contributed by atoms with van der Waals surface area (Å²) < 4.78 is 73.4. The second-order valence-corrected chi connectivity index (χ2v) is 37.1. The molecule has 0 saturated carbocycles. The maximum atomic E-state index is 12.4. The molecule has 32 heteroatoms. The maximum Gasteiger partial charge on any atom is 0.356 e. The molecule has 0 radical (unpaired) electrons. The van der Waals surface area contributed by atoms with Gasteiger partial charge in [-0.1, -0.05) is 214 Å². The van der Waals surface area contributed by atoms with Gasteiger partial charge in [-0.25, -0.2) is 4.18 Å². The van der Waals surface area contributed by atoms with Crippen LogP contribution in [0.4, 0.5) is 0 Å². The fourth-order valence-corrected chi connectivity index (χ4v) is 12.6. The average molecular weight is 2090 g/mol. The van der Waals surface area contributed by atoms with Crippen molar-refractivity contribution in [1.29, 1.82) is 0 Å². The molecular weight excluding hydrogens is 1950 g/mol. The van der Waals surface area contributed by atoms with Crippen LogP contribution in [0.3, 0.4) is 0 Å². The van der Waals surface area contributed by atoms with Crippen LogP contribution in [0.25, 0.3) is 0 Å². The lowest BCUT2D eigenvalue weighted by molar-refractivity contribution is -0.728. The number of carbonyl (C=O) groups is 8. The summed E-state index contributed by atoms with van der Waals surface area (Å²) in [5.41, 5.74) is 12.9. The van der Waals surface area contributed by atoms with Gasteiger partial charge in [0, 0.05) is 77.5 Å². The molecule has 0 bridgehead atoms. The molecule has 0 aliphatic carbocycles. The molecule has 3 amide bonds. The zero-order valence-corrected chi connectivity index (χ0v) is 85.5. The molecule has 25 nitrogen and oxygen atoms in total. The molecule has 2 N–H and O–H groups in total. The van der Waals surface area contributed by atoms with Crippen LogP contribution in [0.5, 0.6) is 0 Å². The van der Waals surface area contributed by atoms with Gasteiger partial charge in [0.25, 0.3) is 41.3 Å². The summed E-state index contributed by atoms with van der Waals surface area (Å²) in [5, 5.41) is 8.85. The maximum absolute atomic E-state index is 12.4. The molecule has 5 unspecified atom stereocenters. The molecule has 8 rings (SSSR count). The third-order valence-corrected chi connectivity index (χ3v) is 19.4. The van der Waals surface area contributed by atoms with Crippen LogP contribution < -0.4 is 9.13 Å². The molecule has 0 aliphatic rings. The zero-order valence-electron chi connectivity index (χ0n) is 77.1. The first-order chi connectivity index (χ1) is 58.9. The van der Waals surface area contributed by atoms with E-state index in [1.807, 2.05) is 123 Å². The van der Waals surface area contributed by atoms with Crippen LogP contribution >= 0.6 is 80.5 Å². The van der Waals surface area contributed by atoms with E-state index >= 15 is 0 Å². The highest BCUT2D eigenvalue weighted by Crippen LogP contribution is 2.25. The van der Waals surface area contributed by atoms with E-state index in [0.717, 1.165) is 59.9 Å². The van der Waals surface area contributed by atoms with Gasteiger partial charge in [0.1, 0.15) is 21.8 Å². The fourth-order valence-electron chi connectivity index (χ4n) is 11.4. The summed E-state index contributed by atoms with van der Waals surface area (Å²) in [7, 11) is 7.24. The quantitative estimate of drug-likeness (QED) is 0.00775. The molecule has 8 aromatic rings. The summed E-state index contributed by atoms with van der Waals surface area (Å²) >= 11 is 12.2. The highest BCUT2D eigenvalue weighted by molar-refractivity contribution is 14.1. The Labute approximate surface area is 798 Å². The number of aliphatic carboxylic acids is 1. The van der Waals surface area contributed by atoms with Crippen molar-refractivity contribution in [3.63, 3.8) is 0 Å². The average Bonchev–Trinajstić information content (AvgIpc) is 0.864. The Hall–Kier alpha value is -8.54. The SMILES string of the molecule is CC(C)Cc1ccc(C(C)C(=O)O)cc1.CC(C)Cc1ccc(C(C)C(=O)OCCl)cc1.CC(C)Cc1ccc(C(C)C(=O)OCI)cc1.CC(C)Cc1ccc(C(C)C(=O)OC[n+]2cccc(C(=O)N(C)C)c2)cc1.CC(C)Cc1ccc(C(C)C(=O)OC[n+]2cccc(C(=O)N(C)C)c2)cc1.CN(C)C(=O)c1cccnc1.CS(=O)(=O)O.I.O=S(=O)(Cl)OCCl. The number of alkyl halides is 3. The minimum atomic E-state index is -3.83. The predicted molar refractivity (Wildman–Crippen MR) is 520 cm³/mol. The van der Waals surface area contributed by atoms with E-state index in [4.69, 9.17) is 51.8 Å². The van der Waals surface area contributed by atoms with Gasteiger partial charge in [0.05, 0.1) is 41.4 Å². The van der Waals surface area contributed by atoms with Gasteiger partial charge < -0.3 is 38.8 Å². The van der Waals surface area contributed by atoms with Gasteiger partial charge in [0.15, 0.2) is 30.9 Å². The van der Waals surface area contributed by atoms with E-state index in [9.17, 15) is 55.2 Å². The Morgan fingerprint density at radius 3 is 0.866 bits per heavy atom. The minimum absolute atomic E-state index is 0. The van der Waals surface area contributed by atoms with E-state index in [-0.39, 0.29) is 109 Å². The van der Waals surface area contributed by atoms with Crippen molar-refractivity contribution >= 4 is 147 Å². The van der Waals surface area contributed by atoms with Gasteiger partial charge in [-0.05, 0) is 199 Å². The molecular formula is C95H131Cl3I2N6O19S2+2. The first kappa shape index (κ1) is 118. The number of ether oxygens (including phenoxy) is 4. The van der Waals surface area contributed by atoms with Crippen molar-refractivity contribution in [1.82, 2.24) is 19.7 Å². The number of esters is 4. The monoisotopic (exact) mass is 2080 g/mol. The Morgan fingerprint density at radius 2 is 0.654 bits per heavy atom. The van der Waals surface area contributed by atoms with E-state index < -0.39 is 37.4 Å². The summed E-state index contributed by atoms with van der Waals surface area (Å²) in [6.07, 6.45) is 16.0. The third-order valence-electron chi connectivity index (χ3n) is 18.0. The van der Waals surface area contributed by atoms with Gasteiger partial charge in [0.2, 0.25) is 0 Å². The van der Waals surface area contributed by atoms with Crippen LogP contribution in [-0.4, -0.2) is 159 Å². The number of aromatic nitrogens is 3. The zero-order chi connectivity index (χ0) is 95.7. The first-order valence-electron chi connectivity index (χ1n) is 41.0. The second-order valence-electron chi connectivity index (χ2n) is 32.4. The van der Waals surface area contributed by atoms with Crippen molar-refractivity contribution in [3.05, 3.63) is 267 Å². The minimum Gasteiger partial charge on any atom is -0.481 e. The van der Waals surface area contributed by atoms with Crippen molar-refractivity contribution in [2.75, 3.05) is 65.3 Å². The van der Waals surface area contributed by atoms with E-state index in [0.29, 0.717) is 57.1 Å². The van der Waals surface area contributed by atoms with Crippen molar-refractivity contribution in [2.45, 2.75) is 179 Å². The number of halogens is 5. The third kappa shape index (κ3) is 52.0. The molecule has 3 aromatic heterocycles. The number of amides is 3. The topological polar surface area (TPSA) is 322 Å². The van der Waals surface area contributed by atoms with Crippen LogP contribution in [-0.2, 0) is 112 Å². The van der Waals surface area contributed by atoms with Gasteiger partial charge in [-0.3, -0.25) is 47.9 Å². The van der Waals surface area contributed by atoms with Crippen molar-refractivity contribution in [2.24, 2.45) is 29.6 Å².